The third-order valence-electron chi connectivity index (χ3n) is 7.95. The van der Waals surface area contributed by atoms with Gasteiger partial charge in [-0.2, -0.15) is 0 Å². The fourth-order valence-electron chi connectivity index (χ4n) is 5.82. The number of rotatable bonds is 8. The third-order valence-corrected chi connectivity index (χ3v) is 7.95. The smallest absolute Gasteiger partial charge is 0.410 e. The number of carbonyl (C=O) groups excluding carboxylic acids is 1. The number of nitrogens with zero attached hydrogens (tertiary/aromatic N) is 4. The van der Waals surface area contributed by atoms with E-state index in [1.807, 2.05) is 41.4 Å². The molecule has 2 aromatic heterocycles. The van der Waals surface area contributed by atoms with Gasteiger partial charge in [-0.25, -0.2) is 9.78 Å². The molecule has 2 aliphatic rings. The first kappa shape index (κ1) is 24.8. The second-order valence-corrected chi connectivity index (χ2v) is 10.3. The number of aromatic nitrogens is 2. The predicted molar refractivity (Wildman–Crippen MR) is 143 cm³/mol. The molecule has 2 unspecified atom stereocenters. The summed E-state index contributed by atoms with van der Waals surface area (Å²) in [6.07, 6.45) is 6.48. The highest BCUT2D eigenvalue weighted by Crippen LogP contribution is 2.37. The van der Waals surface area contributed by atoms with Crippen LogP contribution in [0.15, 0.2) is 48.7 Å². The lowest BCUT2D eigenvalue weighted by Gasteiger charge is -2.37. The van der Waals surface area contributed by atoms with Gasteiger partial charge in [-0.3, -0.25) is 4.90 Å². The number of piperidine rings is 1. The van der Waals surface area contributed by atoms with Gasteiger partial charge in [0.05, 0.1) is 6.04 Å². The number of fused-ring (bicyclic) bond motifs is 1. The number of aryl methyl sites for hydroxylation is 2. The second-order valence-electron chi connectivity index (χ2n) is 10.3. The molecule has 192 valence electrons. The van der Waals surface area contributed by atoms with Crippen molar-refractivity contribution < 1.29 is 9.53 Å². The zero-order valence-electron chi connectivity index (χ0n) is 21.7. The highest BCUT2D eigenvalue weighted by molar-refractivity contribution is 5.82. The summed E-state index contributed by atoms with van der Waals surface area (Å²) in [5, 5.41) is 4.67. The summed E-state index contributed by atoms with van der Waals surface area (Å²) in [5.41, 5.74) is 4.31. The maximum absolute atomic E-state index is 13.8. The Morgan fingerprint density at radius 1 is 1.19 bits per heavy atom. The van der Waals surface area contributed by atoms with Crippen molar-refractivity contribution in [2.24, 2.45) is 13.0 Å². The summed E-state index contributed by atoms with van der Waals surface area (Å²) in [7, 11) is 2.06. The van der Waals surface area contributed by atoms with E-state index in [2.05, 4.69) is 45.9 Å². The van der Waals surface area contributed by atoms with Crippen molar-refractivity contribution in [2.45, 2.75) is 45.3 Å². The molecule has 2 aliphatic heterocycles. The van der Waals surface area contributed by atoms with Gasteiger partial charge in [-0.15, -0.1) is 0 Å². The fourth-order valence-corrected chi connectivity index (χ4v) is 5.82. The standard InChI is InChI=1S/C29H39N5O2/c1-22-19-26-25(12-14-31-28(26)32(22)2)27(24-11-13-30-20-24)34(18-17-33-15-7-4-8-16-33)29(35)36-21-23-9-5-3-6-10-23/h3,5-6,9-10,12,14,19,24,27,30H,4,7-8,11,13,15-18,20-21H2,1-2H3. The average molecular weight is 490 g/mol. The van der Waals surface area contributed by atoms with Crippen molar-refractivity contribution in [2.75, 3.05) is 39.3 Å². The molecular weight excluding hydrogens is 450 g/mol. The molecule has 36 heavy (non-hydrogen) atoms. The largest absolute Gasteiger partial charge is 0.445 e. The summed E-state index contributed by atoms with van der Waals surface area (Å²) in [5.74, 6) is 0.321. The Kier molecular flexibility index (Phi) is 7.87. The van der Waals surface area contributed by atoms with Gasteiger partial charge in [-0.05, 0) is 75.0 Å². The topological polar surface area (TPSA) is 62.6 Å². The molecule has 5 rings (SSSR count). The molecule has 1 N–H and O–H groups in total. The SMILES string of the molecule is Cc1cc2c(C(C3CCNC3)N(CCN3CCCCC3)C(=O)OCc3ccccc3)ccnc2n1C. The lowest BCUT2D eigenvalue weighted by Crippen LogP contribution is -2.45. The molecule has 4 heterocycles. The van der Waals surface area contributed by atoms with E-state index in [0.717, 1.165) is 55.7 Å². The third kappa shape index (κ3) is 5.42. The zero-order chi connectivity index (χ0) is 24.9. The van der Waals surface area contributed by atoms with Crippen LogP contribution >= 0.6 is 0 Å². The van der Waals surface area contributed by atoms with E-state index in [1.54, 1.807) is 0 Å². The Hall–Kier alpha value is -2.90. The molecule has 0 bridgehead atoms. The quantitative estimate of drug-likeness (QED) is 0.499. The van der Waals surface area contributed by atoms with E-state index in [0.29, 0.717) is 12.5 Å². The van der Waals surface area contributed by atoms with Crippen LogP contribution in [0.5, 0.6) is 0 Å². The molecular formula is C29H39N5O2. The van der Waals surface area contributed by atoms with E-state index in [-0.39, 0.29) is 18.7 Å². The molecule has 7 nitrogen and oxygen atoms in total. The molecule has 0 spiro atoms. The van der Waals surface area contributed by atoms with Crippen molar-refractivity contribution in [3.05, 3.63) is 65.5 Å². The van der Waals surface area contributed by atoms with Crippen molar-refractivity contribution >= 4 is 17.1 Å². The van der Waals surface area contributed by atoms with Crippen molar-refractivity contribution in [1.82, 2.24) is 24.7 Å². The van der Waals surface area contributed by atoms with Crippen LogP contribution < -0.4 is 5.32 Å². The Labute approximate surface area is 214 Å². The van der Waals surface area contributed by atoms with Crippen LogP contribution in [0.25, 0.3) is 11.0 Å². The van der Waals surface area contributed by atoms with Crippen LogP contribution in [0, 0.1) is 12.8 Å². The lowest BCUT2D eigenvalue weighted by atomic mass is 9.89. The first-order valence-corrected chi connectivity index (χ1v) is 13.4. The summed E-state index contributed by atoms with van der Waals surface area (Å²) in [6.45, 7) is 8.02. The highest BCUT2D eigenvalue weighted by atomic mass is 16.6. The molecule has 1 amide bonds. The van der Waals surface area contributed by atoms with Gasteiger partial charge in [0.25, 0.3) is 0 Å². The molecule has 2 atom stereocenters. The molecule has 2 saturated heterocycles. The number of carbonyl (C=O) groups is 1. The van der Waals surface area contributed by atoms with E-state index < -0.39 is 0 Å². The summed E-state index contributed by atoms with van der Waals surface area (Å²) in [6, 6.07) is 14.2. The Morgan fingerprint density at radius 3 is 2.75 bits per heavy atom. The number of hydrogen-bond acceptors (Lipinski definition) is 5. The minimum Gasteiger partial charge on any atom is -0.445 e. The number of likely N-dealkylation sites (tertiary alicyclic amines) is 1. The fraction of sp³-hybridized carbons (Fsp3) is 0.517. The number of nitrogens with one attached hydrogen (secondary N) is 1. The van der Waals surface area contributed by atoms with Gasteiger partial charge in [-0.1, -0.05) is 36.8 Å². The van der Waals surface area contributed by atoms with Crippen LogP contribution in [0.3, 0.4) is 0 Å². The van der Waals surface area contributed by atoms with Gasteiger partial charge < -0.3 is 19.5 Å². The Balaban J connectivity index is 1.48. The van der Waals surface area contributed by atoms with Crippen LogP contribution in [0.1, 0.15) is 48.5 Å². The summed E-state index contributed by atoms with van der Waals surface area (Å²) >= 11 is 0. The zero-order valence-corrected chi connectivity index (χ0v) is 21.7. The van der Waals surface area contributed by atoms with Gasteiger partial charge >= 0.3 is 6.09 Å². The minimum atomic E-state index is -0.231. The minimum absolute atomic E-state index is 0.0691. The Bertz CT molecular complexity index is 1150. The van der Waals surface area contributed by atoms with E-state index in [1.165, 1.54) is 30.5 Å². The first-order chi connectivity index (χ1) is 17.6. The number of pyridine rings is 1. The number of benzene rings is 1. The van der Waals surface area contributed by atoms with Crippen LogP contribution in [-0.4, -0.2) is 64.7 Å². The van der Waals surface area contributed by atoms with Gasteiger partial charge in [0.1, 0.15) is 12.3 Å². The van der Waals surface area contributed by atoms with Gasteiger partial charge in [0, 0.05) is 44.0 Å². The van der Waals surface area contributed by atoms with Gasteiger partial charge in [0.15, 0.2) is 0 Å². The van der Waals surface area contributed by atoms with Crippen molar-refractivity contribution in [1.29, 1.82) is 0 Å². The summed E-state index contributed by atoms with van der Waals surface area (Å²) in [4.78, 5) is 23.0. The second kappa shape index (κ2) is 11.4. The van der Waals surface area contributed by atoms with E-state index in [9.17, 15) is 4.79 Å². The van der Waals surface area contributed by atoms with Crippen LogP contribution in [-0.2, 0) is 18.4 Å². The molecule has 0 saturated carbocycles. The maximum atomic E-state index is 13.8. The van der Waals surface area contributed by atoms with Crippen LogP contribution in [0.2, 0.25) is 0 Å². The molecule has 3 aromatic rings. The Morgan fingerprint density at radius 2 is 2.00 bits per heavy atom. The molecule has 7 heteroatoms. The number of ether oxygens (including phenoxy) is 1. The lowest BCUT2D eigenvalue weighted by molar-refractivity contribution is 0.0614. The number of hydrogen-bond donors (Lipinski definition) is 1. The number of amides is 1. The van der Waals surface area contributed by atoms with Crippen molar-refractivity contribution in [3.8, 4) is 0 Å². The molecule has 2 fully saturated rings. The average Bonchev–Trinajstić information content (AvgIpc) is 3.55. The highest BCUT2D eigenvalue weighted by Gasteiger charge is 2.36. The van der Waals surface area contributed by atoms with E-state index in [4.69, 9.17) is 4.74 Å². The first-order valence-electron chi connectivity index (χ1n) is 13.4. The predicted octanol–water partition coefficient (Wildman–Crippen LogP) is 4.66. The molecule has 1 aromatic carbocycles. The maximum Gasteiger partial charge on any atom is 0.410 e. The van der Waals surface area contributed by atoms with Crippen molar-refractivity contribution in [3.63, 3.8) is 0 Å². The summed E-state index contributed by atoms with van der Waals surface area (Å²) < 4.78 is 8.09. The monoisotopic (exact) mass is 489 g/mol. The van der Waals surface area contributed by atoms with Crippen LogP contribution in [0.4, 0.5) is 4.79 Å². The molecule has 0 aliphatic carbocycles. The normalized spacial score (nSPS) is 19.4. The molecule has 0 radical (unpaired) electrons. The van der Waals surface area contributed by atoms with E-state index >= 15 is 0 Å². The van der Waals surface area contributed by atoms with Gasteiger partial charge in [0.2, 0.25) is 0 Å².